The Balaban J connectivity index is 3.65. The Kier molecular flexibility index (Phi) is 8.23. The van der Waals surface area contributed by atoms with Crippen molar-refractivity contribution in [2.45, 2.75) is 32.7 Å². The number of sulfone groups is 1. The maximum absolute atomic E-state index is 11.5. The highest BCUT2D eigenvalue weighted by Crippen LogP contribution is 1.96. The first-order valence-corrected chi connectivity index (χ1v) is 9.16. The van der Waals surface area contributed by atoms with Crippen LogP contribution in [0.15, 0.2) is 0 Å². The highest BCUT2D eigenvalue weighted by molar-refractivity contribution is 7.92. The molecule has 98 valence electrons. The zero-order valence-corrected chi connectivity index (χ0v) is 12.0. The summed E-state index contributed by atoms with van der Waals surface area (Å²) in [6.07, 6.45) is 3.09. The van der Waals surface area contributed by atoms with E-state index in [4.69, 9.17) is 0 Å². The van der Waals surface area contributed by atoms with Crippen molar-refractivity contribution >= 4 is 20.6 Å². The quantitative estimate of drug-likeness (QED) is 0.664. The largest absolute Gasteiger partial charge is 0.314 e. The Morgan fingerprint density at radius 1 is 1.31 bits per heavy atom. The Morgan fingerprint density at radius 3 is 2.44 bits per heavy atom. The van der Waals surface area contributed by atoms with Gasteiger partial charge in [0.25, 0.3) is 0 Å². The lowest BCUT2D eigenvalue weighted by Crippen LogP contribution is -2.28. The molecule has 6 heteroatoms. The van der Waals surface area contributed by atoms with Crippen molar-refractivity contribution in [3.8, 4) is 0 Å². The van der Waals surface area contributed by atoms with E-state index in [1.807, 2.05) is 0 Å². The second kappa shape index (κ2) is 8.20. The van der Waals surface area contributed by atoms with Gasteiger partial charge in [-0.1, -0.05) is 6.92 Å². The van der Waals surface area contributed by atoms with E-state index in [0.717, 1.165) is 19.4 Å². The van der Waals surface area contributed by atoms with E-state index in [1.54, 1.807) is 0 Å². The lowest BCUT2D eigenvalue weighted by molar-refractivity contribution is 0.533. The summed E-state index contributed by atoms with van der Waals surface area (Å²) in [5, 5.41) is 3.31. The lowest BCUT2D eigenvalue weighted by Gasteiger charge is -2.12. The zero-order valence-electron chi connectivity index (χ0n) is 10.4. The lowest BCUT2D eigenvalue weighted by atomic mass is 10.2. The molecule has 0 aromatic rings. The smallest absolute Gasteiger partial charge is 0.148 e. The van der Waals surface area contributed by atoms with Crippen molar-refractivity contribution in [2.75, 3.05) is 30.1 Å². The third-order valence-corrected chi connectivity index (χ3v) is 4.76. The zero-order chi connectivity index (χ0) is 12.6. The van der Waals surface area contributed by atoms with E-state index in [-0.39, 0.29) is 11.5 Å². The van der Waals surface area contributed by atoms with Gasteiger partial charge in [-0.25, -0.2) is 8.42 Å². The van der Waals surface area contributed by atoms with Crippen LogP contribution in [0.25, 0.3) is 0 Å². The summed E-state index contributed by atoms with van der Waals surface area (Å²) >= 11 is 0. The predicted molar refractivity (Wildman–Crippen MR) is 70.0 cm³/mol. The number of rotatable bonds is 9. The molecule has 1 N–H and O–H groups in total. The summed E-state index contributed by atoms with van der Waals surface area (Å²) in [6, 6.07) is 0.349. The molecule has 0 bridgehead atoms. The molecule has 0 rings (SSSR count). The Bertz CT molecular complexity index is 301. The van der Waals surface area contributed by atoms with Crippen LogP contribution in [0.5, 0.6) is 0 Å². The first-order valence-electron chi connectivity index (χ1n) is 5.61. The molecule has 2 atom stereocenters. The average molecular weight is 269 g/mol. The Hall–Kier alpha value is 0.0600. The predicted octanol–water partition coefficient (Wildman–Crippen LogP) is 0.558. The van der Waals surface area contributed by atoms with Gasteiger partial charge in [-0.15, -0.1) is 0 Å². The Labute approximate surface area is 102 Å². The molecule has 0 spiro atoms. The molecule has 0 fully saturated rings. The molecule has 0 amide bonds. The summed E-state index contributed by atoms with van der Waals surface area (Å²) in [5.74, 6) is 0.864. The molecule has 2 unspecified atom stereocenters. The molecule has 0 aromatic carbocycles. The standard InChI is InChI=1S/C10H23NO3S2/c1-4-6-11-10(2)5-7-15(12)8-9-16(3,13)14/h10-11H,4-9H2,1-3H3. The van der Waals surface area contributed by atoms with Gasteiger partial charge in [0.15, 0.2) is 0 Å². The monoisotopic (exact) mass is 269 g/mol. The van der Waals surface area contributed by atoms with Crippen LogP contribution in [-0.2, 0) is 20.6 Å². The Morgan fingerprint density at radius 2 is 1.94 bits per heavy atom. The van der Waals surface area contributed by atoms with E-state index in [9.17, 15) is 12.6 Å². The van der Waals surface area contributed by atoms with Crippen LogP contribution >= 0.6 is 0 Å². The molecule has 0 saturated heterocycles. The first-order chi connectivity index (χ1) is 7.35. The topological polar surface area (TPSA) is 63.2 Å². The molecule has 0 aromatic heterocycles. The summed E-state index contributed by atoms with van der Waals surface area (Å²) in [5.41, 5.74) is 0. The summed E-state index contributed by atoms with van der Waals surface area (Å²) in [6.45, 7) is 5.13. The molecule has 0 heterocycles. The van der Waals surface area contributed by atoms with Crippen LogP contribution in [0, 0.1) is 0 Å². The molecule has 0 aliphatic heterocycles. The molecule has 16 heavy (non-hydrogen) atoms. The van der Waals surface area contributed by atoms with Crippen LogP contribution in [0.4, 0.5) is 0 Å². The first kappa shape index (κ1) is 16.1. The molecule has 0 aliphatic carbocycles. The number of nitrogens with one attached hydrogen (secondary N) is 1. The minimum absolute atomic E-state index is 0.0242. The van der Waals surface area contributed by atoms with Crippen LogP contribution in [0.1, 0.15) is 26.7 Å². The second-order valence-electron chi connectivity index (χ2n) is 4.12. The normalized spacial score (nSPS) is 15.9. The van der Waals surface area contributed by atoms with Crippen LogP contribution in [0.3, 0.4) is 0 Å². The van der Waals surface area contributed by atoms with Gasteiger partial charge in [0.1, 0.15) is 9.84 Å². The van der Waals surface area contributed by atoms with Crippen LogP contribution in [-0.4, -0.2) is 48.7 Å². The van der Waals surface area contributed by atoms with E-state index in [2.05, 4.69) is 19.2 Å². The van der Waals surface area contributed by atoms with Gasteiger partial charge >= 0.3 is 0 Å². The third-order valence-electron chi connectivity index (χ3n) is 2.20. The maximum atomic E-state index is 11.5. The van der Waals surface area contributed by atoms with Gasteiger partial charge in [-0.2, -0.15) is 0 Å². The van der Waals surface area contributed by atoms with E-state index >= 15 is 0 Å². The minimum atomic E-state index is -2.98. The van der Waals surface area contributed by atoms with Gasteiger partial charge in [0, 0.05) is 34.6 Å². The molecule has 0 aliphatic rings. The van der Waals surface area contributed by atoms with Crippen molar-refractivity contribution in [3.63, 3.8) is 0 Å². The van der Waals surface area contributed by atoms with Crippen molar-refractivity contribution in [1.82, 2.24) is 5.32 Å². The maximum Gasteiger partial charge on any atom is 0.148 e. The highest BCUT2D eigenvalue weighted by atomic mass is 32.2. The second-order valence-corrected chi connectivity index (χ2v) is 8.08. The summed E-state index contributed by atoms with van der Waals surface area (Å²) < 4.78 is 33.2. The van der Waals surface area contributed by atoms with Crippen molar-refractivity contribution in [1.29, 1.82) is 0 Å². The average Bonchev–Trinajstić information content (AvgIpc) is 2.19. The fraction of sp³-hybridized carbons (Fsp3) is 1.00. The van der Waals surface area contributed by atoms with Gasteiger partial charge < -0.3 is 5.32 Å². The van der Waals surface area contributed by atoms with Crippen molar-refractivity contribution in [3.05, 3.63) is 0 Å². The van der Waals surface area contributed by atoms with E-state index in [0.29, 0.717) is 11.8 Å². The third kappa shape index (κ3) is 10.6. The van der Waals surface area contributed by atoms with E-state index < -0.39 is 20.6 Å². The number of hydrogen-bond donors (Lipinski definition) is 1. The summed E-state index contributed by atoms with van der Waals surface area (Å²) in [7, 11) is -3.99. The van der Waals surface area contributed by atoms with Gasteiger partial charge in [-0.05, 0) is 26.3 Å². The van der Waals surface area contributed by atoms with Gasteiger partial charge in [-0.3, -0.25) is 4.21 Å². The fourth-order valence-electron chi connectivity index (χ4n) is 1.15. The van der Waals surface area contributed by atoms with Crippen LogP contribution < -0.4 is 5.32 Å². The van der Waals surface area contributed by atoms with Crippen LogP contribution in [0.2, 0.25) is 0 Å². The SMILES string of the molecule is CCCNC(C)CCS(=O)CCS(C)(=O)=O. The molecular weight excluding hydrogens is 246 g/mol. The number of hydrogen-bond acceptors (Lipinski definition) is 4. The van der Waals surface area contributed by atoms with Crippen molar-refractivity contribution in [2.24, 2.45) is 0 Å². The fourth-order valence-corrected chi connectivity index (χ4v) is 3.92. The van der Waals surface area contributed by atoms with Crippen molar-refractivity contribution < 1.29 is 12.6 Å². The van der Waals surface area contributed by atoms with Gasteiger partial charge in [0.05, 0.1) is 5.75 Å². The molecular formula is C10H23NO3S2. The van der Waals surface area contributed by atoms with Gasteiger partial charge in [0.2, 0.25) is 0 Å². The molecule has 0 saturated carbocycles. The minimum Gasteiger partial charge on any atom is -0.314 e. The highest BCUT2D eigenvalue weighted by Gasteiger charge is 2.08. The van der Waals surface area contributed by atoms with E-state index in [1.165, 1.54) is 6.26 Å². The molecule has 0 radical (unpaired) electrons. The molecule has 4 nitrogen and oxygen atoms in total. The summed E-state index contributed by atoms with van der Waals surface area (Å²) in [4.78, 5) is 0.